The van der Waals surface area contributed by atoms with Gasteiger partial charge in [0.05, 0.1) is 5.02 Å². The first-order valence-corrected chi connectivity index (χ1v) is 9.27. The second-order valence-corrected chi connectivity index (χ2v) is 7.23. The van der Waals surface area contributed by atoms with Crippen molar-refractivity contribution < 1.29 is 17.9 Å². The van der Waals surface area contributed by atoms with Crippen molar-refractivity contribution in [1.82, 2.24) is 4.72 Å². The second-order valence-electron chi connectivity index (χ2n) is 4.77. The van der Waals surface area contributed by atoms with Crippen LogP contribution in [0.2, 0.25) is 10.0 Å². The molecule has 4 nitrogen and oxygen atoms in total. The Labute approximate surface area is 158 Å². The van der Waals surface area contributed by atoms with Gasteiger partial charge in [-0.05, 0) is 42.3 Å². The van der Waals surface area contributed by atoms with Gasteiger partial charge in [0.2, 0.25) is 11.3 Å². The maximum absolute atomic E-state index is 13.1. The minimum absolute atomic E-state index is 0.0155. The quantitative estimate of drug-likeness (QED) is 0.502. The molecule has 2 aromatic carbocycles. The molecule has 0 amide bonds. The molecule has 0 aliphatic carbocycles. The summed E-state index contributed by atoms with van der Waals surface area (Å²) in [5, 5.41) is 0.354. The van der Waals surface area contributed by atoms with Crippen LogP contribution in [-0.4, -0.2) is 21.1 Å². The van der Waals surface area contributed by atoms with Crippen molar-refractivity contribution in [2.75, 3.05) is 6.54 Å². The van der Waals surface area contributed by atoms with Crippen molar-refractivity contribution in [1.29, 1.82) is 0 Å². The van der Waals surface area contributed by atoms with Crippen molar-refractivity contribution in [2.24, 2.45) is 0 Å². The summed E-state index contributed by atoms with van der Waals surface area (Å²) in [5.41, 5.74) is 1.15. The van der Waals surface area contributed by atoms with E-state index in [2.05, 4.69) is 20.7 Å². The van der Waals surface area contributed by atoms with Crippen molar-refractivity contribution in [2.45, 2.75) is 6.42 Å². The number of halogens is 4. The SMILES string of the molecule is O=C(c1ccc(F)cc1Cl)c1cc(Cl)c(CCNS(=O)O)cc1Br. The molecule has 0 saturated heterocycles. The lowest BCUT2D eigenvalue weighted by Gasteiger charge is -2.10. The Kier molecular flexibility index (Phi) is 6.91. The van der Waals surface area contributed by atoms with Gasteiger partial charge in [-0.3, -0.25) is 9.35 Å². The van der Waals surface area contributed by atoms with Crippen LogP contribution in [0.15, 0.2) is 34.8 Å². The summed E-state index contributed by atoms with van der Waals surface area (Å²) in [6.07, 6.45) is 0.398. The fourth-order valence-electron chi connectivity index (χ4n) is 2.05. The molecule has 0 fully saturated rings. The lowest BCUT2D eigenvalue weighted by atomic mass is 10.0. The molecule has 0 aliphatic rings. The van der Waals surface area contributed by atoms with Gasteiger partial charge in [0.15, 0.2) is 5.78 Å². The number of benzene rings is 2. The standard InChI is InChI=1S/C15H11BrCl2FNO3S/c16-12-5-8(3-4-20-24(22)23)13(17)7-11(12)15(21)10-2-1-9(19)6-14(10)18/h1-2,5-7,20H,3-4H2,(H,22,23). The van der Waals surface area contributed by atoms with Gasteiger partial charge in [-0.1, -0.05) is 39.1 Å². The van der Waals surface area contributed by atoms with Crippen LogP contribution in [0.3, 0.4) is 0 Å². The Morgan fingerprint density at radius 3 is 2.54 bits per heavy atom. The van der Waals surface area contributed by atoms with Gasteiger partial charge >= 0.3 is 0 Å². The summed E-state index contributed by atoms with van der Waals surface area (Å²) in [4.78, 5) is 12.6. The smallest absolute Gasteiger partial charge is 0.231 e. The molecule has 0 radical (unpaired) electrons. The third kappa shape index (κ3) is 4.84. The van der Waals surface area contributed by atoms with Crippen LogP contribution < -0.4 is 4.72 Å². The Hall–Kier alpha value is -0.830. The monoisotopic (exact) mass is 453 g/mol. The zero-order valence-electron chi connectivity index (χ0n) is 12.0. The third-order valence-corrected chi connectivity index (χ3v) is 4.95. The van der Waals surface area contributed by atoms with Crippen LogP contribution in [0.5, 0.6) is 0 Å². The number of hydrogen-bond acceptors (Lipinski definition) is 2. The fourth-order valence-corrected chi connectivity index (χ4v) is 3.40. The normalized spacial score (nSPS) is 12.2. The maximum Gasteiger partial charge on any atom is 0.231 e. The molecule has 1 unspecified atom stereocenters. The number of carbonyl (C=O) groups is 1. The largest absolute Gasteiger partial charge is 0.294 e. The van der Waals surface area contributed by atoms with Gasteiger partial charge < -0.3 is 0 Å². The van der Waals surface area contributed by atoms with Crippen molar-refractivity contribution in [3.8, 4) is 0 Å². The Bertz CT molecular complexity index is 820. The number of ketones is 1. The molecule has 1 atom stereocenters. The predicted molar refractivity (Wildman–Crippen MR) is 96.5 cm³/mol. The second kappa shape index (κ2) is 8.51. The van der Waals surface area contributed by atoms with Gasteiger partial charge in [0.25, 0.3) is 0 Å². The van der Waals surface area contributed by atoms with Crippen molar-refractivity contribution in [3.05, 3.63) is 67.4 Å². The summed E-state index contributed by atoms with van der Waals surface area (Å²) >= 11 is 13.3. The number of rotatable bonds is 6. The Balaban J connectivity index is 2.29. The average Bonchev–Trinajstić information content (AvgIpc) is 2.49. The highest BCUT2D eigenvalue weighted by atomic mass is 79.9. The van der Waals surface area contributed by atoms with E-state index in [1.165, 1.54) is 12.1 Å². The van der Waals surface area contributed by atoms with Crippen LogP contribution in [0.4, 0.5) is 4.39 Å². The summed E-state index contributed by atoms with van der Waals surface area (Å²) in [6, 6.07) is 6.69. The van der Waals surface area contributed by atoms with Gasteiger partial charge in [0, 0.05) is 27.2 Å². The van der Waals surface area contributed by atoms with Crippen LogP contribution in [0.25, 0.3) is 0 Å². The molecule has 2 N–H and O–H groups in total. The average molecular weight is 455 g/mol. The zero-order valence-corrected chi connectivity index (χ0v) is 15.9. The molecule has 2 rings (SSSR count). The summed E-state index contributed by atoms with van der Waals surface area (Å²) in [5.74, 6) is -0.923. The van der Waals surface area contributed by atoms with E-state index in [0.717, 1.165) is 12.1 Å². The highest BCUT2D eigenvalue weighted by Gasteiger charge is 2.18. The van der Waals surface area contributed by atoms with Gasteiger partial charge in [-0.2, -0.15) is 0 Å². The number of hydrogen-bond donors (Lipinski definition) is 2. The van der Waals surface area contributed by atoms with Crippen LogP contribution in [-0.2, 0) is 17.7 Å². The topological polar surface area (TPSA) is 66.4 Å². The van der Waals surface area contributed by atoms with E-state index in [0.29, 0.717) is 21.5 Å². The molecule has 0 bridgehead atoms. The molecule has 128 valence electrons. The third-order valence-electron chi connectivity index (χ3n) is 3.18. The minimum Gasteiger partial charge on any atom is -0.294 e. The number of carbonyl (C=O) groups excluding carboxylic acids is 1. The molecule has 0 heterocycles. The maximum atomic E-state index is 13.1. The molecule has 0 spiro atoms. The summed E-state index contributed by atoms with van der Waals surface area (Å²) in [6.45, 7) is 0.242. The van der Waals surface area contributed by atoms with Crippen LogP contribution in [0, 0.1) is 5.82 Å². The zero-order chi connectivity index (χ0) is 17.9. The van der Waals surface area contributed by atoms with E-state index >= 15 is 0 Å². The van der Waals surface area contributed by atoms with Gasteiger partial charge in [-0.25, -0.2) is 13.3 Å². The van der Waals surface area contributed by atoms with E-state index in [1.807, 2.05) is 0 Å². The summed E-state index contributed by atoms with van der Waals surface area (Å²) < 4.78 is 35.2. The first kappa shape index (κ1) is 19.5. The molecule has 0 aromatic heterocycles. The predicted octanol–water partition coefficient (Wildman–Crippen LogP) is 4.39. The van der Waals surface area contributed by atoms with Crippen molar-refractivity contribution >= 4 is 56.2 Å². The van der Waals surface area contributed by atoms with Gasteiger partial charge in [-0.15, -0.1) is 0 Å². The molecule has 9 heteroatoms. The van der Waals surface area contributed by atoms with E-state index in [-0.39, 0.29) is 22.7 Å². The highest BCUT2D eigenvalue weighted by Crippen LogP contribution is 2.30. The lowest BCUT2D eigenvalue weighted by molar-refractivity contribution is 0.103. The van der Waals surface area contributed by atoms with E-state index in [9.17, 15) is 13.4 Å². The van der Waals surface area contributed by atoms with Crippen molar-refractivity contribution in [3.63, 3.8) is 0 Å². The lowest BCUT2D eigenvalue weighted by Crippen LogP contribution is -2.19. The van der Waals surface area contributed by atoms with Crippen LogP contribution >= 0.6 is 39.1 Å². The minimum atomic E-state index is -2.10. The van der Waals surface area contributed by atoms with Crippen LogP contribution in [0.1, 0.15) is 21.5 Å². The Morgan fingerprint density at radius 2 is 1.92 bits per heavy atom. The highest BCUT2D eigenvalue weighted by molar-refractivity contribution is 9.10. The molecular formula is C15H11BrCl2FNO3S. The van der Waals surface area contributed by atoms with E-state index in [1.54, 1.807) is 6.07 Å². The molecular weight excluding hydrogens is 444 g/mol. The Morgan fingerprint density at radius 1 is 1.21 bits per heavy atom. The van der Waals surface area contributed by atoms with E-state index in [4.69, 9.17) is 27.8 Å². The first-order valence-electron chi connectivity index (χ1n) is 6.61. The van der Waals surface area contributed by atoms with Gasteiger partial charge in [0.1, 0.15) is 5.82 Å². The number of nitrogens with one attached hydrogen (secondary N) is 1. The molecule has 24 heavy (non-hydrogen) atoms. The molecule has 0 aliphatic heterocycles. The molecule has 2 aromatic rings. The molecule has 0 saturated carbocycles. The van der Waals surface area contributed by atoms with E-state index < -0.39 is 22.9 Å². The summed E-state index contributed by atoms with van der Waals surface area (Å²) in [7, 11) is 0. The first-order chi connectivity index (χ1) is 11.3. The fraction of sp³-hybridized carbons (Fsp3) is 0.133.